The molecule has 2 aromatic rings. The standard InChI is InChI=1S/C18H21Cl2N3O3/c1-10(2)9-23-16(20)15(11(3)22-23)18(25)26-12(4)17(24)21-14-7-5-13(19)6-8-14/h5-8,10,12H,9H2,1-4H3,(H,21,24)/t12-/m0/s1. The second-order valence-corrected chi connectivity index (χ2v) is 7.17. The summed E-state index contributed by atoms with van der Waals surface area (Å²) >= 11 is 12.1. The molecule has 6 nitrogen and oxygen atoms in total. The molecule has 1 amide bonds. The second-order valence-electron chi connectivity index (χ2n) is 6.37. The number of hydrogen-bond donors (Lipinski definition) is 1. The quantitative estimate of drug-likeness (QED) is 0.735. The Labute approximate surface area is 162 Å². The maximum absolute atomic E-state index is 12.4. The van der Waals surface area contributed by atoms with Crippen molar-refractivity contribution >= 4 is 40.8 Å². The molecule has 1 aromatic carbocycles. The molecule has 0 radical (unpaired) electrons. The van der Waals surface area contributed by atoms with Crippen molar-refractivity contribution < 1.29 is 14.3 Å². The van der Waals surface area contributed by atoms with Crippen LogP contribution in [0.15, 0.2) is 24.3 Å². The van der Waals surface area contributed by atoms with Crippen LogP contribution < -0.4 is 5.32 Å². The molecular weight excluding hydrogens is 377 g/mol. The molecule has 0 aliphatic rings. The van der Waals surface area contributed by atoms with Crippen LogP contribution >= 0.6 is 23.2 Å². The average Bonchev–Trinajstić information content (AvgIpc) is 2.82. The highest BCUT2D eigenvalue weighted by Crippen LogP contribution is 2.22. The maximum atomic E-state index is 12.4. The predicted octanol–water partition coefficient (Wildman–Crippen LogP) is 4.34. The lowest BCUT2D eigenvalue weighted by Gasteiger charge is -2.13. The fourth-order valence-electron chi connectivity index (χ4n) is 2.30. The van der Waals surface area contributed by atoms with Crippen LogP contribution in [-0.2, 0) is 16.1 Å². The van der Waals surface area contributed by atoms with E-state index >= 15 is 0 Å². The van der Waals surface area contributed by atoms with Crippen LogP contribution in [0, 0.1) is 12.8 Å². The lowest BCUT2D eigenvalue weighted by atomic mass is 10.2. The Hall–Kier alpha value is -2.05. The number of rotatable bonds is 6. The number of ether oxygens (including phenoxy) is 1. The van der Waals surface area contributed by atoms with Crippen LogP contribution in [0.5, 0.6) is 0 Å². The summed E-state index contributed by atoms with van der Waals surface area (Å²) in [6, 6.07) is 6.62. The van der Waals surface area contributed by atoms with Crippen LogP contribution in [0.1, 0.15) is 36.8 Å². The van der Waals surface area contributed by atoms with E-state index in [0.717, 1.165) is 0 Å². The first-order chi connectivity index (χ1) is 12.2. The second kappa shape index (κ2) is 8.56. The van der Waals surface area contributed by atoms with Crippen molar-refractivity contribution in [2.24, 2.45) is 5.92 Å². The van der Waals surface area contributed by atoms with Crippen molar-refractivity contribution in [3.63, 3.8) is 0 Å². The Balaban J connectivity index is 2.05. The van der Waals surface area contributed by atoms with E-state index in [1.54, 1.807) is 35.9 Å². The van der Waals surface area contributed by atoms with Gasteiger partial charge < -0.3 is 10.1 Å². The van der Waals surface area contributed by atoms with Crippen LogP contribution in [0.2, 0.25) is 10.2 Å². The van der Waals surface area contributed by atoms with Crippen LogP contribution in [0.4, 0.5) is 5.69 Å². The number of carbonyl (C=O) groups is 2. The highest BCUT2D eigenvalue weighted by molar-refractivity contribution is 6.32. The monoisotopic (exact) mass is 397 g/mol. The molecule has 0 unspecified atom stereocenters. The summed E-state index contributed by atoms with van der Waals surface area (Å²) in [5.41, 5.74) is 1.20. The van der Waals surface area contributed by atoms with Gasteiger partial charge in [-0.05, 0) is 44.0 Å². The van der Waals surface area contributed by atoms with E-state index in [0.29, 0.717) is 28.9 Å². The molecule has 0 bridgehead atoms. The topological polar surface area (TPSA) is 73.2 Å². The van der Waals surface area contributed by atoms with Gasteiger partial charge in [0.25, 0.3) is 5.91 Å². The van der Waals surface area contributed by atoms with Gasteiger partial charge in [0.05, 0.1) is 5.69 Å². The van der Waals surface area contributed by atoms with Gasteiger partial charge in [-0.3, -0.25) is 9.48 Å². The van der Waals surface area contributed by atoms with E-state index in [2.05, 4.69) is 10.4 Å². The van der Waals surface area contributed by atoms with Gasteiger partial charge in [0.1, 0.15) is 10.7 Å². The molecule has 0 spiro atoms. The molecule has 1 heterocycles. The first-order valence-electron chi connectivity index (χ1n) is 8.19. The highest BCUT2D eigenvalue weighted by Gasteiger charge is 2.26. The summed E-state index contributed by atoms with van der Waals surface area (Å²) in [6.45, 7) is 7.80. The first-order valence-corrected chi connectivity index (χ1v) is 8.95. The first kappa shape index (κ1) is 20.3. The number of hydrogen-bond acceptors (Lipinski definition) is 4. The molecule has 1 N–H and O–H groups in total. The molecule has 26 heavy (non-hydrogen) atoms. The number of aromatic nitrogens is 2. The molecule has 1 atom stereocenters. The fraction of sp³-hybridized carbons (Fsp3) is 0.389. The Morgan fingerprint density at radius 3 is 2.38 bits per heavy atom. The van der Waals surface area contributed by atoms with Crippen molar-refractivity contribution in [3.05, 3.63) is 45.7 Å². The fourth-order valence-corrected chi connectivity index (χ4v) is 2.75. The zero-order valence-corrected chi connectivity index (χ0v) is 16.6. The number of amides is 1. The van der Waals surface area contributed by atoms with Crippen molar-refractivity contribution in [1.82, 2.24) is 9.78 Å². The number of nitrogens with zero attached hydrogens (tertiary/aromatic N) is 2. The summed E-state index contributed by atoms with van der Waals surface area (Å²) in [4.78, 5) is 24.6. The van der Waals surface area contributed by atoms with Crippen molar-refractivity contribution in [1.29, 1.82) is 0 Å². The highest BCUT2D eigenvalue weighted by atomic mass is 35.5. The Morgan fingerprint density at radius 2 is 1.81 bits per heavy atom. The average molecular weight is 398 g/mol. The van der Waals surface area contributed by atoms with Gasteiger partial charge in [0, 0.05) is 17.3 Å². The lowest BCUT2D eigenvalue weighted by molar-refractivity contribution is -0.123. The summed E-state index contributed by atoms with van der Waals surface area (Å²) in [5, 5.41) is 7.70. The molecular formula is C18H21Cl2N3O3. The molecule has 0 aliphatic heterocycles. The predicted molar refractivity (Wildman–Crippen MR) is 102 cm³/mol. The third-order valence-corrected chi connectivity index (χ3v) is 4.21. The number of benzene rings is 1. The van der Waals surface area contributed by atoms with Gasteiger partial charge in [-0.1, -0.05) is 37.0 Å². The molecule has 1 aromatic heterocycles. The van der Waals surface area contributed by atoms with Gasteiger partial charge in [0.15, 0.2) is 6.10 Å². The Morgan fingerprint density at radius 1 is 1.19 bits per heavy atom. The van der Waals surface area contributed by atoms with Crippen molar-refractivity contribution in [3.8, 4) is 0 Å². The van der Waals surface area contributed by atoms with Crippen LogP contribution in [0.25, 0.3) is 0 Å². The SMILES string of the molecule is Cc1nn(CC(C)C)c(Cl)c1C(=O)O[C@@H](C)C(=O)Nc1ccc(Cl)cc1. The van der Waals surface area contributed by atoms with Gasteiger partial charge in [0.2, 0.25) is 0 Å². The van der Waals surface area contributed by atoms with Crippen LogP contribution in [0.3, 0.4) is 0 Å². The normalized spacial score (nSPS) is 12.1. The summed E-state index contributed by atoms with van der Waals surface area (Å²) in [6.07, 6.45) is -0.998. The maximum Gasteiger partial charge on any atom is 0.343 e. The molecule has 0 saturated heterocycles. The number of aryl methyl sites for hydroxylation is 1. The molecule has 2 rings (SSSR count). The van der Waals surface area contributed by atoms with E-state index in [9.17, 15) is 9.59 Å². The van der Waals surface area contributed by atoms with E-state index in [1.165, 1.54) is 6.92 Å². The number of nitrogens with one attached hydrogen (secondary N) is 1. The number of esters is 1. The minimum absolute atomic E-state index is 0.179. The largest absolute Gasteiger partial charge is 0.449 e. The minimum Gasteiger partial charge on any atom is -0.449 e. The van der Waals surface area contributed by atoms with E-state index in [4.69, 9.17) is 27.9 Å². The summed E-state index contributed by atoms with van der Waals surface area (Å²) in [5.74, 6) is -0.815. The van der Waals surface area contributed by atoms with Gasteiger partial charge in [-0.2, -0.15) is 5.10 Å². The number of anilines is 1. The number of halogens is 2. The van der Waals surface area contributed by atoms with Crippen molar-refractivity contribution in [2.45, 2.75) is 40.3 Å². The smallest absolute Gasteiger partial charge is 0.343 e. The van der Waals surface area contributed by atoms with E-state index < -0.39 is 18.0 Å². The van der Waals surface area contributed by atoms with Gasteiger partial charge in [-0.15, -0.1) is 0 Å². The molecule has 140 valence electrons. The molecule has 8 heteroatoms. The third-order valence-electron chi connectivity index (χ3n) is 3.57. The lowest BCUT2D eigenvalue weighted by Crippen LogP contribution is -2.30. The van der Waals surface area contributed by atoms with Gasteiger partial charge >= 0.3 is 5.97 Å². The van der Waals surface area contributed by atoms with Crippen molar-refractivity contribution in [2.75, 3.05) is 5.32 Å². The molecule has 0 saturated carbocycles. The van der Waals surface area contributed by atoms with Gasteiger partial charge in [-0.25, -0.2) is 4.79 Å². The Bertz CT molecular complexity index is 801. The zero-order chi connectivity index (χ0) is 19.4. The Kier molecular flexibility index (Phi) is 6.67. The van der Waals surface area contributed by atoms with Crippen LogP contribution in [-0.4, -0.2) is 27.8 Å². The zero-order valence-electron chi connectivity index (χ0n) is 15.0. The molecule has 0 aliphatic carbocycles. The summed E-state index contributed by atoms with van der Waals surface area (Å²) < 4.78 is 6.83. The van der Waals surface area contributed by atoms with E-state index in [1.807, 2.05) is 13.8 Å². The molecule has 0 fully saturated rings. The number of carbonyl (C=O) groups excluding carboxylic acids is 2. The summed E-state index contributed by atoms with van der Waals surface area (Å²) in [7, 11) is 0. The minimum atomic E-state index is -0.998. The van der Waals surface area contributed by atoms with E-state index in [-0.39, 0.29) is 10.7 Å². The third kappa shape index (κ3) is 4.99.